The van der Waals surface area contributed by atoms with Crippen molar-refractivity contribution in [2.75, 3.05) is 7.11 Å². The number of aryl methyl sites for hydroxylation is 1. The van der Waals surface area contributed by atoms with Crippen LogP contribution in [-0.2, 0) is 6.42 Å². The van der Waals surface area contributed by atoms with Crippen molar-refractivity contribution < 1.29 is 9.84 Å². The molecule has 0 heterocycles. The maximum absolute atomic E-state index is 10.3. The van der Waals surface area contributed by atoms with Crippen molar-refractivity contribution in [3.05, 3.63) is 65.2 Å². The van der Waals surface area contributed by atoms with Gasteiger partial charge in [0, 0.05) is 0 Å². The van der Waals surface area contributed by atoms with E-state index < -0.39 is 0 Å². The van der Waals surface area contributed by atoms with E-state index >= 15 is 0 Å². The van der Waals surface area contributed by atoms with Crippen molar-refractivity contribution in [1.82, 2.24) is 0 Å². The third-order valence-corrected chi connectivity index (χ3v) is 6.27. The maximum Gasteiger partial charge on any atom is 0.119 e. The molecule has 1 aliphatic rings. The summed E-state index contributed by atoms with van der Waals surface area (Å²) in [5.41, 5.74) is 3.85. The molecule has 0 spiro atoms. The zero-order chi connectivity index (χ0) is 19.1. The van der Waals surface area contributed by atoms with Crippen LogP contribution in [0.25, 0.3) is 0 Å². The highest BCUT2D eigenvalue weighted by atomic mass is 16.5. The number of hydrogen-bond donors (Lipinski definition) is 1. The summed E-state index contributed by atoms with van der Waals surface area (Å²) in [6, 6.07) is 17.1. The van der Waals surface area contributed by atoms with E-state index in [4.69, 9.17) is 4.74 Å². The Balaban J connectivity index is 1.50. The first-order chi connectivity index (χ1) is 13.2. The molecular weight excluding hydrogens is 332 g/mol. The Labute approximate surface area is 164 Å². The summed E-state index contributed by atoms with van der Waals surface area (Å²) >= 11 is 0. The first-order valence-electron chi connectivity index (χ1n) is 10.6. The van der Waals surface area contributed by atoms with Gasteiger partial charge in [0.25, 0.3) is 0 Å². The van der Waals surface area contributed by atoms with Crippen LogP contribution in [0.3, 0.4) is 0 Å². The van der Waals surface area contributed by atoms with Crippen molar-refractivity contribution in [2.45, 2.75) is 70.3 Å². The fourth-order valence-electron chi connectivity index (χ4n) is 4.56. The van der Waals surface area contributed by atoms with Gasteiger partial charge in [-0.05, 0) is 85.6 Å². The molecule has 2 aromatic carbocycles. The molecule has 1 atom stereocenters. The lowest BCUT2D eigenvalue weighted by Gasteiger charge is -2.29. The van der Waals surface area contributed by atoms with Gasteiger partial charge in [-0.2, -0.15) is 0 Å². The third-order valence-electron chi connectivity index (χ3n) is 6.27. The molecule has 2 nitrogen and oxygen atoms in total. The Kier molecular flexibility index (Phi) is 7.34. The minimum absolute atomic E-state index is 0.368. The summed E-state index contributed by atoms with van der Waals surface area (Å²) < 4.78 is 5.39. The Morgan fingerprint density at radius 2 is 1.78 bits per heavy atom. The molecule has 3 rings (SSSR count). The smallest absolute Gasteiger partial charge is 0.119 e. The second-order valence-corrected chi connectivity index (χ2v) is 8.01. The first-order valence-corrected chi connectivity index (χ1v) is 10.6. The van der Waals surface area contributed by atoms with Crippen molar-refractivity contribution >= 4 is 0 Å². The van der Waals surface area contributed by atoms with Gasteiger partial charge >= 0.3 is 0 Å². The number of hydrogen-bond acceptors (Lipinski definition) is 2. The van der Waals surface area contributed by atoms with Gasteiger partial charge in [-0.3, -0.25) is 0 Å². The van der Waals surface area contributed by atoms with Crippen LogP contribution in [0.4, 0.5) is 0 Å². The number of methoxy groups -OCH3 is 1. The van der Waals surface area contributed by atoms with E-state index in [0.717, 1.165) is 36.0 Å². The highest BCUT2D eigenvalue weighted by Gasteiger charge is 2.22. The molecule has 0 aliphatic heterocycles. The predicted octanol–water partition coefficient (Wildman–Crippen LogP) is 6.44. The van der Waals surface area contributed by atoms with Crippen LogP contribution in [0.5, 0.6) is 5.75 Å². The fraction of sp³-hybridized carbons (Fsp3) is 0.520. The second kappa shape index (κ2) is 9.94. The number of benzene rings is 2. The van der Waals surface area contributed by atoms with Crippen LogP contribution in [-0.4, -0.2) is 12.2 Å². The van der Waals surface area contributed by atoms with E-state index in [0.29, 0.717) is 0 Å². The summed E-state index contributed by atoms with van der Waals surface area (Å²) in [5, 5.41) is 10.3. The molecule has 0 bridgehead atoms. The molecule has 0 saturated heterocycles. The van der Waals surface area contributed by atoms with Gasteiger partial charge in [-0.1, -0.05) is 49.7 Å². The van der Waals surface area contributed by atoms with Crippen molar-refractivity contribution in [3.63, 3.8) is 0 Å². The molecule has 1 fully saturated rings. The maximum atomic E-state index is 10.3. The van der Waals surface area contributed by atoms with Crippen LogP contribution in [0.2, 0.25) is 0 Å². The summed E-state index contributed by atoms with van der Waals surface area (Å²) in [6.07, 6.45) is 9.25. The minimum atomic E-state index is -0.368. The average Bonchev–Trinajstić information content (AvgIpc) is 2.74. The molecule has 0 aromatic heterocycles. The second-order valence-electron chi connectivity index (χ2n) is 8.01. The average molecular weight is 367 g/mol. The molecule has 0 amide bonds. The normalized spacial score (nSPS) is 21.0. The van der Waals surface area contributed by atoms with E-state index in [1.807, 2.05) is 19.1 Å². The lowest BCUT2D eigenvalue weighted by atomic mass is 9.77. The van der Waals surface area contributed by atoms with Gasteiger partial charge in [-0.25, -0.2) is 0 Å². The first kappa shape index (κ1) is 19.9. The molecular formula is C25H34O2. The van der Waals surface area contributed by atoms with Crippen molar-refractivity contribution in [2.24, 2.45) is 5.92 Å². The molecule has 1 saturated carbocycles. The SMILES string of the molecule is CCC(O)c1ccc(OC)cc1CCCC1CCC(c2ccccc2)CC1. The molecule has 27 heavy (non-hydrogen) atoms. The van der Waals surface area contributed by atoms with Crippen LogP contribution < -0.4 is 4.74 Å². The van der Waals surface area contributed by atoms with Gasteiger partial charge in [-0.15, -0.1) is 0 Å². The monoisotopic (exact) mass is 366 g/mol. The molecule has 0 radical (unpaired) electrons. The van der Waals surface area contributed by atoms with Crippen molar-refractivity contribution in [3.8, 4) is 5.75 Å². The van der Waals surface area contributed by atoms with E-state index in [2.05, 4.69) is 36.4 Å². The van der Waals surface area contributed by atoms with Gasteiger partial charge in [0.05, 0.1) is 13.2 Å². The zero-order valence-electron chi connectivity index (χ0n) is 16.9. The Bertz CT molecular complexity index is 687. The quantitative estimate of drug-likeness (QED) is 0.583. The third kappa shape index (κ3) is 5.35. The highest BCUT2D eigenvalue weighted by Crippen LogP contribution is 2.37. The molecule has 146 valence electrons. The topological polar surface area (TPSA) is 29.5 Å². The fourth-order valence-corrected chi connectivity index (χ4v) is 4.56. The molecule has 2 heteroatoms. The van der Waals surface area contributed by atoms with Crippen LogP contribution >= 0.6 is 0 Å². The number of ether oxygens (including phenoxy) is 1. The summed E-state index contributed by atoms with van der Waals surface area (Å²) in [7, 11) is 1.71. The number of rotatable bonds is 8. The molecule has 1 aliphatic carbocycles. The van der Waals surface area contributed by atoms with Crippen LogP contribution in [0.15, 0.2) is 48.5 Å². The molecule has 1 N–H and O–H groups in total. The summed E-state index contributed by atoms with van der Waals surface area (Å²) in [6.45, 7) is 2.03. The largest absolute Gasteiger partial charge is 0.497 e. The lowest BCUT2D eigenvalue weighted by molar-refractivity contribution is 0.172. The van der Waals surface area contributed by atoms with E-state index in [9.17, 15) is 5.11 Å². The van der Waals surface area contributed by atoms with E-state index in [1.165, 1.54) is 49.7 Å². The molecule has 2 aromatic rings. The Morgan fingerprint density at radius 3 is 2.44 bits per heavy atom. The van der Waals surface area contributed by atoms with E-state index in [1.54, 1.807) is 7.11 Å². The van der Waals surface area contributed by atoms with Gasteiger partial charge < -0.3 is 9.84 Å². The summed E-state index contributed by atoms with van der Waals surface area (Å²) in [5.74, 6) is 2.50. The predicted molar refractivity (Wildman–Crippen MR) is 112 cm³/mol. The highest BCUT2D eigenvalue weighted by molar-refractivity contribution is 5.37. The standard InChI is InChI=1S/C25H34O2/c1-3-25(26)24-17-16-23(27-2)18-22(24)11-7-8-19-12-14-21(15-13-19)20-9-5-4-6-10-20/h4-6,9-10,16-19,21,25-26H,3,7-8,11-15H2,1-2H3. The van der Waals surface area contributed by atoms with Gasteiger partial charge in [0.2, 0.25) is 0 Å². The summed E-state index contributed by atoms with van der Waals surface area (Å²) in [4.78, 5) is 0. The van der Waals surface area contributed by atoms with Gasteiger partial charge in [0.1, 0.15) is 5.75 Å². The van der Waals surface area contributed by atoms with Crippen LogP contribution in [0, 0.1) is 5.92 Å². The van der Waals surface area contributed by atoms with E-state index in [-0.39, 0.29) is 6.10 Å². The molecule has 1 unspecified atom stereocenters. The minimum Gasteiger partial charge on any atom is -0.497 e. The number of aliphatic hydroxyl groups excluding tert-OH is 1. The number of aliphatic hydroxyl groups is 1. The van der Waals surface area contributed by atoms with Gasteiger partial charge in [0.15, 0.2) is 0 Å². The van der Waals surface area contributed by atoms with Crippen molar-refractivity contribution in [1.29, 1.82) is 0 Å². The lowest BCUT2D eigenvalue weighted by Crippen LogP contribution is -2.13. The zero-order valence-corrected chi connectivity index (χ0v) is 16.9. The Hall–Kier alpha value is -1.80. The van der Waals surface area contributed by atoms with Crippen LogP contribution in [0.1, 0.15) is 80.6 Å². The Morgan fingerprint density at radius 1 is 1.04 bits per heavy atom.